The van der Waals surface area contributed by atoms with Gasteiger partial charge in [0.15, 0.2) is 5.82 Å². The van der Waals surface area contributed by atoms with Crippen LogP contribution in [0.5, 0.6) is 5.75 Å². The van der Waals surface area contributed by atoms with Gasteiger partial charge < -0.3 is 14.6 Å². The molecular formula is C15H19N3O2. The number of nitrogens with zero attached hydrogens (tertiary/aromatic N) is 2. The number of hydrogen-bond donors (Lipinski definition) is 1. The topological polar surface area (TPSA) is 60.2 Å². The fourth-order valence-electron chi connectivity index (χ4n) is 1.71. The Labute approximate surface area is 118 Å². The van der Waals surface area contributed by atoms with Crippen LogP contribution in [0.2, 0.25) is 0 Å². The number of hydrogen-bond acceptors (Lipinski definition) is 5. The highest BCUT2D eigenvalue weighted by molar-refractivity contribution is 5.66. The molecule has 0 aliphatic rings. The monoisotopic (exact) mass is 273 g/mol. The van der Waals surface area contributed by atoms with E-state index in [1.54, 1.807) is 13.2 Å². The molecule has 0 spiro atoms. The van der Waals surface area contributed by atoms with Crippen molar-refractivity contribution in [3.05, 3.63) is 41.5 Å². The SMILES string of the molecule is CNC(C)Cc1noc(/C=C/c2cccc(OC)c2)n1. The number of rotatable bonds is 6. The summed E-state index contributed by atoms with van der Waals surface area (Å²) in [5, 5.41) is 7.09. The molecule has 2 aromatic rings. The van der Waals surface area contributed by atoms with Gasteiger partial charge in [-0.25, -0.2) is 0 Å². The largest absolute Gasteiger partial charge is 0.497 e. The maximum absolute atomic E-state index is 5.18. The minimum atomic E-state index is 0.322. The third kappa shape index (κ3) is 3.93. The van der Waals surface area contributed by atoms with Crippen molar-refractivity contribution in [2.45, 2.75) is 19.4 Å². The standard InChI is InChI=1S/C15H19N3O2/c1-11(16-2)9-14-17-15(20-18-14)8-7-12-5-4-6-13(10-12)19-3/h4-8,10-11,16H,9H2,1-3H3/b8-7+. The van der Waals surface area contributed by atoms with E-state index >= 15 is 0 Å². The van der Waals surface area contributed by atoms with Crippen LogP contribution in [0, 0.1) is 0 Å². The number of benzene rings is 1. The van der Waals surface area contributed by atoms with Crippen molar-refractivity contribution in [2.75, 3.05) is 14.2 Å². The highest BCUT2D eigenvalue weighted by Crippen LogP contribution is 2.14. The summed E-state index contributed by atoms with van der Waals surface area (Å²) in [6, 6.07) is 8.09. The second-order valence-electron chi connectivity index (χ2n) is 4.55. The third-order valence-electron chi connectivity index (χ3n) is 2.98. The van der Waals surface area contributed by atoms with Crippen LogP contribution in [0.1, 0.15) is 24.2 Å². The summed E-state index contributed by atoms with van der Waals surface area (Å²) in [4.78, 5) is 4.32. The molecular weight excluding hydrogens is 254 g/mol. The van der Waals surface area contributed by atoms with Crippen LogP contribution in [0.15, 0.2) is 28.8 Å². The van der Waals surface area contributed by atoms with E-state index in [0.717, 1.165) is 17.7 Å². The van der Waals surface area contributed by atoms with E-state index in [2.05, 4.69) is 22.4 Å². The normalized spacial score (nSPS) is 12.8. The summed E-state index contributed by atoms with van der Waals surface area (Å²) >= 11 is 0. The van der Waals surface area contributed by atoms with Crippen LogP contribution in [0.3, 0.4) is 0 Å². The Morgan fingerprint density at radius 3 is 3.00 bits per heavy atom. The third-order valence-corrected chi connectivity index (χ3v) is 2.98. The first kappa shape index (κ1) is 14.3. The number of likely N-dealkylation sites (N-methyl/N-ethyl adjacent to an activating group) is 1. The maximum Gasteiger partial charge on any atom is 0.250 e. The number of ether oxygens (including phenoxy) is 1. The molecule has 0 radical (unpaired) electrons. The molecule has 1 N–H and O–H groups in total. The van der Waals surface area contributed by atoms with E-state index in [-0.39, 0.29) is 0 Å². The van der Waals surface area contributed by atoms with Crippen molar-refractivity contribution in [3.63, 3.8) is 0 Å². The molecule has 1 atom stereocenters. The zero-order valence-electron chi connectivity index (χ0n) is 12.0. The Bertz CT molecular complexity index is 578. The van der Waals surface area contributed by atoms with Gasteiger partial charge in [-0.15, -0.1) is 0 Å². The first-order chi connectivity index (χ1) is 9.71. The van der Waals surface area contributed by atoms with Crippen LogP contribution in [-0.2, 0) is 6.42 Å². The average Bonchev–Trinajstić information content (AvgIpc) is 2.92. The van der Waals surface area contributed by atoms with E-state index in [4.69, 9.17) is 9.26 Å². The minimum absolute atomic E-state index is 0.322. The molecule has 5 nitrogen and oxygen atoms in total. The van der Waals surface area contributed by atoms with Gasteiger partial charge >= 0.3 is 0 Å². The van der Waals surface area contributed by atoms with E-state index < -0.39 is 0 Å². The zero-order valence-corrected chi connectivity index (χ0v) is 12.0. The zero-order chi connectivity index (χ0) is 14.4. The first-order valence-electron chi connectivity index (χ1n) is 6.53. The lowest BCUT2D eigenvalue weighted by molar-refractivity contribution is 0.400. The molecule has 1 unspecified atom stereocenters. The minimum Gasteiger partial charge on any atom is -0.497 e. The number of methoxy groups -OCH3 is 1. The first-order valence-corrected chi connectivity index (χ1v) is 6.53. The second-order valence-corrected chi connectivity index (χ2v) is 4.55. The molecule has 0 bridgehead atoms. The lowest BCUT2D eigenvalue weighted by atomic mass is 10.2. The fraction of sp³-hybridized carbons (Fsp3) is 0.333. The highest BCUT2D eigenvalue weighted by atomic mass is 16.5. The highest BCUT2D eigenvalue weighted by Gasteiger charge is 2.07. The summed E-state index contributed by atoms with van der Waals surface area (Å²) in [5.74, 6) is 2.03. The van der Waals surface area contributed by atoms with Gasteiger partial charge in [0.2, 0.25) is 0 Å². The molecule has 0 aliphatic heterocycles. The van der Waals surface area contributed by atoms with Gasteiger partial charge in [-0.3, -0.25) is 0 Å². The van der Waals surface area contributed by atoms with Crippen LogP contribution >= 0.6 is 0 Å². The summed E-state index contributed by atoms with van der Waals surface area (Å²) in [7, 11) is 3.56. The molecule has 2 rings (SSSR count). The fourth-order valence-corrected chi connectivity index (χ4v) is 1.71. The van der Waals surface area contributed by atoms with Gasteiger partial charge in [-0.1, -0.05) is 17.3 Å². The number of nitrogens with one attached hydrogen (secondary N) is 1. The summed E-state index contributed by atoms with van der Waals surface area (Å²) in [6.45, 7) is 2.07. The molecule has 20 heavy (non-hydrogen) atoms. The lowest BCUT2D eigenvalue weighted by Gasteiger charge is -2.04. The second kappa shape index (κ2) is 6.86. The Balaban J connectivity index is 2.03. The molecule has 0 saturated carbocycles. The van der Waals surface area contributed by atoms with Gasteiger partial charge in [0.25, 0.3) is 5.89 Å². The predicted molar refractivity (Wildman–Crippen MR) is 78.4 cm³/mol. The Kier molecular flexibility index (Phi) is 4.90. The van der Waals surface area contributed by atoms with Gasteiger partial charge in [0.1, 0.15) is 5.75 Å². The van der Waals surface area contributed by atoms with Gasteiger partial charge in [0, 0.05) is 18.5 Å². The Morgan fingerprint density at radius 1 is 1.40 bits per heavy atom. The van der Waals surface area contributed by atoms with Crippen LogP contribution in [0.25, 0.3) is 12.2 Å². The predicted octanol–water partition coefficient (Wildman–Crippen LogP) is 2.40. The molecule has 5 heteroatoms. The van der Waals surface area contributed by atoms with Crippen LogP contribution in [-0.4, -0.2) is 30.3 Å². The Hall–Kier alpha value is -2.14. The van der Waals surface area contributed by atoms with Crippen molar-refractivity contribution in [2.24, 2.45) is 0 Å². The molecule has 0 saturated heterocycles. The molecule has 1 aromatic heterocycles. The van der Waals surface area contributed by atoms with Gasteiger partial charge in [0.05, 0.1) is 7.11 Å². The van der Waals surface area contributed by atoms with E-state index in [0.29, 0.717) is 17.8 Å². The summed E-state index contributed by atoms with van der Waals surface area (Å²) in [6.07, 6.45) is 4.46. The van der Waals surface area contributed by atoms with Crippen molar-refractivity contribution < 1.29 is 9.26 Å². The molecule has 1 aromatic carbocycles. The average molecular weight is 273 g/mol. The van der Waals surface area contributed by atoms with Crippen molar-refractivity contribution in [3.8, 4) is 5.75 Å². The molecule has 0 fully saturated rings. The summed E-state index contributed by atoms with van der Waals surface area (Å²) in [5.41, 5.74) is 1.02. The van der Waals surface area contributed by atoms with Crippen molar-refractivity contribution >= 4 is 12.2 Å². The molecule has 1 heterocycles. The molecule has 106 valence electrons. The molecule has 0 aliphatic carbocycles. The maximum atomic E-state index is 5.18. The smallest absolute Gasteiger partial charge is 0.250 e. The van der Waals surface area contributed by atoms with E-state index in [1.165, 1.54) is 0 Å². The van der Waals surface area contributed by atoms with Crippen LogP contribution < -0.4 is 10.1 Å². The lowest BCUT2D eigenvalue weighted by Crippen LogP contribution is -2.24. The van der Waals surface area contributed by atoms with Gasteiger partial charge in [-0.2, -0.15) is 4.98 Å². The number of aromatic nitrogens is 2. The quantitative estimate of drug-likeness (QED) is 0.875. The Morgan fingerprint density at radius 2 is 2.25 bits per heavy atom. The summed E-state index contributed by atoms with van der Waals surface area (Å²) < 4.78 is 10.4. The van der Waals surface area contributed by atoms with Crippen LogP contribution in [0.4, 0.5) is 0 Å². The van der Waals surface area contributed by atoms with E-state index in [9.17, 15) is 0 Å². The van der Waals surface area contributed by atoms with Gasteiger partial charge in [-0.05, 0) is 37.7 Å². The van der Waals surface area contributed by atoms with E-state index in [1.807, 2.05) is 37.4 Å². The van der Waals surface area contributed by atoms with Crippen molar-refractivity contribution in [1.29, 1.82) is 0 Å². The molecule has 0 amide bonds. The van der Waals surface area contributed by atoms with Crippen molar-refractivity contribution in [1.82, 2.24) is 15.5 Å².